The number of morpholine rings is 1. The molecule has 0 bridgehead atoms. The van der Waals surface area contributed by atoms with Crippen molar-refractivity contribution < 1.29 is 28.9 Å². The maximum absolute atomic E-state index is 13.3. The number of nitrogens with zero attached hydrogens (tertiary/aromatic N) is 2. The lowest BCUT2D eigenvalue weighted by Crippen LogP contribution is -2.41. The summed E-state index contributed by atoms with van der Waals surface area (Å²) in [5, 5.41) is 15.1. The molecule has 4 aromatic rings. The van der Waals surface area contributed by atoms with Crippen LogP contribution in [0.4, 0.5) is 0 Å². The van der Waals surface area contributed by atoms with E-state index in [2.05, 4.69) is 15.2 Å². The van der Waals surface area contributed by atoms with E-state index in [0.717, 1.165) is 24.0 Å². The van der Waals surface area contributed by atoms with Crippen molar-refractivity contribution in [1.29, 1.82) is 0 Å². The quantitative estimate of drug-likeness (QED) is 0.300. The van der Waals surface area contributed by atoms with Gasteiger partial charge in [-0.05, 0) is 18.2 Å². The van der Waals surface area contributed by atoms with Gasteiger partial charge in [-0.15, -0.1) is 0 Å². The third-order valence-electron chi connectivity index (χ3n) is 7.42. The number of imide groups is 1. The topological polar surface area (TPSA) is 118 Å². The molecule has 2 aromatic heterocycles. The molecule has 1 atom stereocenters. The second kappa shape index (κ2) is 10.2. The Bertz CT molecular complexity index is 1610. The van der Waals surface area contributed by atoms with Gasteiger partial charge in [0.1, 0.15) is 0 Å². The highest BCUT2D eigenvalue weighted by molar-refractivity contribution is 6.50. The van der Waals surface area contributed by atoms with Gasteiger partial charge in [0.25, 0.3) is 11.8 Å². The van der Waals surface area contributed by atoms with Crippen LogP contribution in [0.3, 0.4) is 0 Å². The number of ether oxygens (including phenoxy) is 3. The number of β-amino-alcohol motifs (C(OH)–C–C–N with tert-alkyl or cyclic N) is 1. The molecule has 1 unspecified atom stereocenters. The first-order chi connectivity index (χ1) is 19.0. The highest BCUT2D eigenvalue weighted by atomic mass is 16.5. The van der Waals surface area contributed by atoms with Gasteiger partial charge in [0.05, 0.1) is 50.2 Å². The molecule has 3 N–H and O–H groups in total. The lowest BCUT2D eigenvalue weighted by molar-refractivity contribution is -0.122. The van der Waals surface area contributed by atoms with Crippen LogP contribution in [0.5, 0.6) is 11.5 Å². The normalized spacial score (nSPS) is 17.3. The van der Waals surface area contributed by atoms with Crippen LogP contribution in [-0.4, -0.2) is 84.5 Å². The molecule has 0 aliphatic carbocycles. The molecule has 4 heterocycles. The fourth-order valence-corrected chi connectivity index (χ4v) is 5.66. The Morgan fingerprint density at radius 2 is 1.69 bits per heavy atom. The molecule has 2 amide bonds. The van der Waals surface area contributed by atoms with Gasteiger partial charge >= 0.3 is 0 Å². The van der Waals surface area contributed by atoms with Crippen molar-refractivity contribution in [2.24, 2.45) is 0 Å². The van der Waals surface area contributed by atoms with Crippen LogP contribution in [0.1, 0.15) is 11.1 Å². The summed E-state index contributed by atoms with van der Waals surface area (Å²) in [5.74, 6) is 0.0895. The van der Waals surface area contributed by atoms with Crippen molar-refractivity contribution in [2.45, 2.75) is 12.6 Å². The first-order valence-electron chi connectivity index (χ1n) is 12.9. The molecule has 202 valence electrons. The summed E-state index contributed by atoms with van der Waals surface area (Å²) in [7, 11) is 3.12. The molecule has 2 aromatic carbocycles. The number of amides is 2. The molecule has 6 rings (SSSR count). The van der Waals surface area contributed by atoms with E-state index in [0.29, 0.717) is 58.9 Å². The molecule has 0 radical (unpaired) electrons. The predicted molar refractivity (Wildman–Crippen MR) is 147 cm³/mol. The minimum atomic E-state index is -0.691. The van der Waals surface area contributed by atoms with E-state index in [4.69, 9.17) is 14.2 Å². The molecule has 1 saturated heterocycles. The smallest absolute Gasteiger partial charge is 0.259 e. The Hall–Kier alpha value is -4.12. The fraction of sp³-hybridized carbons (Fsp3) is 0.310. The first kappa shape index (κ1) is 25.2. The molecular formula is C29H30N4O6. The van der Waals surface area contributed by atoms with Crippen molar-refractivity contribution in [1.82, 2.24) is 19.8 Å². The first-order valence-corrected chi connectivity index (χ1v) is 12.9. The van der Waals surface area contributed by atoms with Gasteiger partial charge in [-0.2, -0.15) is 0 Å². The van der Waals surface area contributed by atoms with Crippen molar-refractivity contribution in [3.8, 4) is 11.5 Å². The van der Waals surface area contributed by atoms with Gasteiger partial charge < -0.3 is 28.9 Å². The van der Waals surface area contributed by atoms with E-state index in [1.165, 1.54) is 0 Å². The van der Waals surface area contributed by atoms with Crippen LogP contribution in [0, 0.1) is 0 Å². The van der Waals surface area contributed by atoms with E-state index in [9.17, 15) is 14.7 Å². The van der Waals surface area contributed by atoms with Crippen LogP contribution >= 0.6 is 0 Å². The van der Waals surface area contributed by atoms with Crippen molar-refractivity contribution in [3.63, 3.8) is 0 Å². The Morgan fingerprint density at radius 3 is 2.44 bits per heavy atom. The summed E-state index contributed by atoms with van der Waals surface area (Å²) in [5.41, 5.74) is 3.35. The van der Waals surface area contributed by atoms with E-state index in [-0.39, 0.29) is 12.1 Å². The van der Waals surface area contributed by atoms with Gasteiger partial charge in [-0.25, -0.2) is 0 Å². The van der Waals surface area contributed by atoms with Crippen molar-refractivity contribution >= 4 is 44.8 Å². The van der Waals surface area contributed by atoms with Crippen LogP contribution < -0.4 is 14.8 Å². The third-order valence-corrected chi connectivity index (χ3v) is 7.42. The Labute approximate surface area is 224 Å². The highest BCUT2D eigenvalue weighted by Gasteiger charge is 2.36. The average molecular weight is 531 g/mol. The highest BCUT2D eigenvalue weighted by Crippen LogP contribution is 2.43. The fourth-order valence-electron chi connectivity index (χ4n) is 5.66. The standard InChI is InChI=1S/C29H30N4O6/c1-37-23-8-7-19-21(16-33(26(19)27(23)38-2)15-17(34)14-32-9-11-39-12-10-32)25-24(28(35)31-29(25)36)20-13-30-22-6-4-3-5-18(20)22/h3-8,13,16-17,30,34H,9-12,14-15H2,1-2H3,(H,31,35,36). The molecule has 39 heavy (non-hydrogen) atoms. The summed E-state index contributed by atoms with van der Waals surface area (Å²) in [6.45, 7) is 3.53. The van der Waals surface area contributed by atoms with E-state index >= 15 is 0 Å². The number of carbonyl (C=O) groups is 2. The Kier molecular flexibility index (Phi) is 6.59. The van der Waals surface area contributed by atoms with E-state index in [1.807, 2.05) is 41.1 Å². The number of aromatic amines is 1. The number of hydrogen-bond donors (Lipinski definition) is 3. The number of aliphatic hydroxyl groups is 1. The Morgan fingerprint density at radius 1 is 0.949 bits per heavy atom. The van der Waals surface area contributed by atoms with Crippen molar-refractivity contribution in [3.05, 3.63) is 59.9 Å². The van der Waals surface area contributed by atoms with Gasteiger partial charge in [-0.1, -0.05) is 18.2 Å². The predicted octanol–water partition coefficient (Wildman–Crippen LogP) is 2.40. The number of rotatable bonds is 8. The number of para-hydroxylation sites is 1. The molecule has 2 aliphatic rings. The monoisotopic (exact) mass is 530 g/mol. The molecule has 0 saturated carbocycles. The lowest BCUT2D eigenvalue weighted by Gasteiger charge is -2.28. The lowest BCUT2D eigenvalue weighted by atomic mass is 9.95. The van der Waals surface area contributed by atoms with Gasteiger partial charge in [-0.3, -0.25) is 19.8 Å². The summed E-state index contributed by atoms with van der Waals surface area (Å²) < 4.78 is 18.6. The minimum absolute atomic E-state index is 0.253. The molecule has 10 nitrogen and oxygen atoms in total. The molecule has 0 spiro atoms. The van der Waals surface area contributed by atoms with Gasteiger partial charge in [0.15, 0.2) is 11.5 Å². The number of aliphatic hydroxyl groups excluding tert-OH is 1. The number of carbonyl (C=O) groups excluding carboxylic acids is 2. The number of benzene rings is 2. The molecular weight excluding hydrogens is 500 g/mol. The maximum atomic E-state index is 13.3. The number of H-pyrrole nitrogens is 1. The Balaban J connectivity index is 1.52. The van der Waals surface area contributed by atoms with Crippen LogP contribution in [0.15, 0.2) is 48.8 Å². The zero-order valence-electron chi connectivity index (χ0n) is 21.8. The number of hydrogen-bond acceptors (Lipinski definition) is 7. The number of methoxy groups -OCH3 is 2. The average Bonchev–Trinajstić information content (AvgIpc) is 3.61. The largest absolute Gasteiger partial charge is 0.493 e. The number of aromatic nitrogens is 2. The van der Waals surface area contributed by atoms with Crippen LogP contribution in [0.25, 0.3) is 33.0 Å². The van der Waals surface area contributed by atoms with Crippen molar-refractivity contribution in [2.75, 3.05) is 47.1 Å². The second-order valence-electron chi connectivity index (χ2n) is 9.74. The number of nitrogens with one attached hydrogen (secondary N) is 2. The van der Waals surface area contributed by atoms with Gasteiger partial charge in [0.2, 0.25) is 0 Å². The number of fused-ring (bicyclic) bond motifs is 2. The third kappa shape index (κ3) is 4.36. The van der Waals surface area contributed by atoms with E-state index < -0.39 is 17.9 Å². The van der Waals surface area contributed by atoms with E-state index in [1.54, 1.807) is 26.5 Å². The summed E-state index contributed by atoms with van der Waals surface area (Å²) >= 11 is 0. The zero-order chi connectivity index (χ0) is 27.1. The summed E-state index contributed by atoms with van der Waals surface area (Å²) in [6.07, 6.45) is 2.88. The second-order valence-corrected chi connectivity index (χ2v) is 9.74. The summed E-state index contributed by atoms with van der Waals surface area (Å²) in [6, 6.07) is 11.3. The van der Waals surface area contributed by atoms with Gasteiger partial charge in [0, 0.05) is 66.0 Å². The maximum Gasteiger partial charge on any atom is 0.259 e. The van der Waals surface area contributed by atoms with Crippen LogP contribution in [-0.2, 0) is 20.9 Å². The SMILES string of the molecule is COc1ccc2c(C3=C(c4c[nH]c5ccccc45)C(=O)NC3=O)cn(CC(O)CN3CCOCC3)c2c1OC. The van der Waals surface area contributed by atoms with Crippen LogP contribution in [0.2, 0.25) is 0 Å². The molecule has 2 aliphatic heterocycles. The molecule has 1 fully saturated rings. The zero-order valence-corrected chi connectivity index (χ0v) is 21.8. The minimum Gasteiger partial charge on any atom is -0.493 e. The summed E-state index contributed by atoms with van der Waals surface area (Å²) in [4.78, 5) is 31.8. The molecule has 10 heteroatoms.